The standard InChI is InChI=1S/C11H13F2NS/c1-15-10-5-8(12)7(4-9(10)13)6-11(14)2-3-11/h4-5H,2-3,6,14H2,1H3. The van der Waals surface area contributed by atoms with E-state index in [0.717, 1.165) is 12.8 Å². The van der Waals surface area contributed by atoms with Crippen LogP contribution >= 0.6 is 11.8 Å². The van der Waals surface area contributed by atoms with Crippen molar-refractivity contribution in [1.82, 2.24) is 0 Å². The molecule has 0 amide bonds. The SMILES string of the molecule is CSc1cc(F)c(CC2(N)CC2)cc1F. The Morgan fingerprint density at radius 1 is 1.33 bits per heavy atom. The Morgan fingerprint density at radius 2 is 2.00 bits per heavy atom. The lowest BCUT2D eigenvalue weighted by Crippen LogP contribution is -2.25. The average Bonchev–Trinajstić information content (AvgIpc) is 2.89. The molecule has 0 saturated heterocycles. The van der Waals surface area contributed by atoms with Crippen molar-refractivity contribution in [3.8, 4) is 0 Å². The summed E-state index contributed by atoms with van der Waals surface area (Å²) >= 11 is 1.21. The Labute approximate surface area is 92.0 Å². The van der Waals surface area contributed by atoms with E-state index >= 15 is 0 Å². The van der Waals surface area contributed by atoms with Gasteiger partial charge in [0.1, 0.15) is 11.6 Å². The number of rotatable bonds is 3. The van der Waals surface area contributed by atoms with E-state index in [1.807, 2.05) is 0 Å². The summed E-state index contributed by atoms with van der Waals surface area (Å²) in [6.45, 7) is 0. The number of nitrogens with two attached hydrogens (primary N) is 1. The van der Waals surface area contributed by atoms with Gasteiger partial charge in [-0.2, -0.15) is 0 Å². The van der Waals surface area contributed by atoms with Gasteiger partial charge in [0, 0.05) is 10.4 Å². The maximum absolute atomic E-state index is 13.5. The molecule has 2 N–H and O–H groups in total. The predicted octanol–water partition coefficient (Wildman–Crippen LogP) is 2.72. The van der Waals surface area contributed by atoms with Gasteiger partial charge in [-0.25, -0.2) is 8.78 Å². The highest BCUT2D eigenvalue weighted by atomic mass is 32.2. The van der Waals surface area contributed by atoms with Crippen LogP contribution in [0.15, 0.2) is 17.0 Å². The van der Waals surface area contributed by atoms with Gasteiger partial charge in [0.05, 0.1) is 0 Å². The summed E-state index contributed by atoms with van der Waals surface area (Å²) in [6, 6.07) is 2.52. The Kier molecular flexibility index (Phi) is 2.73. The molecule has 0 aromatic heterocycles. The lowest BCUT2D eigenvalue weighted by atomic mass is 10.0. The van der Waals surface area contributed by atoms with E-state index in [9.17, 15) is 8.78 Å². The number of hydrogen-bond acceptors (Lipinski definition) is 2. The van der Waals surface area contributed by atoms with E-state index in [1.54, 1.807) is 6.26 Å². The highest BCUT2D eigenvalue weighted by Crippen LogP contribution is 2.36. The van der Waals surface area contributed by atoms with Gasteiger partial charge in [0.25, 0.3) is 0 Å². The predicted molar refractivity (Wildman–Crippen MR) is 58.0 cm³/mol. The minimum atomic E-state index is -0.358. The summed E-state index contributed by atoms with van der Waals surface area (Å²) < 4.78 is 26.9. The largest absolute Gasteiger partial charge is 0.325 e. The van der Waals surface area contributed by atoms with Crippen LogP contribution in [0.4, 0.5) is 8.78 Å². The Morgan fingerprint density at radius 3 is 2.53 bits per heavy atom. The minimum absolute atomic E-state index is 0.284. The van der Waals surface area contributed by atoms with E-state index in [0.29, 0.717) is 16.9 Å². The molecule has 1 aliphatic carbocycles. The summed E-state index contributed by atoms with van der Waals surface area (Å²) in [6.07, 6.45) is 3.96. The van der Waals surface area contributed by atoms with Crippen LogP contribution in [0.2, 0.25) is 0 Å². The Balaban J connectivity index is 2.28. The van der Waals surface area contributed by atoms with Crippen LogP contribution in [-0.2, 0) is 6.42 Å². The van der Waals surface area contributed by atoms with Crippen molar-refractivity contribution < 1.29 is 8.78 Å². The third kappa shape index (κ3) is 2.32. The summed E-state index contributed by atoms with van der Waals surface area (Å²) in [4.78, 5) is 0.345. The minimum Gasteiger partial charge on any atom is -0.325 e. The molecule has 0 aliphatic heterocycles. The Bertz CT molecular complexity index is 388. The molecule has 1 saturated carbocycles. The molecule has 4 heteroatoms. The number of thioether (sulfide) groups is 1. The van der Waals surface area contributed by atoms with E-state index < -0.39 is 0 Å². The van der Waals surface area contributed by atoms with Crippen molar-refractivity contribution in [3.05, 3.63) is 29.3 Å². The molecule has 0 atom stereocenters. The zero-order valence-electron chi connectivity index (χ0n) is 8.52. The first-order valence-corrected chi connectivity index (χ1v) is 6.07. The summed E-state index contributed by atoms with van der Waals surface area (Å²) in [7, 11) is 0. The van der Waals surface area contributed by atoms with E-state index in [2.05, 4.69) is 0 Å². The van der Waals surface area contributed by atoms with Crippen molar-refractivity contribution in [2.24, 2.45) is 5.73 Å². The first kappa shape index (κ1) is 10.9. The van der Waals surface area contributed by atoms with Gasteiger partial charge in [-0.1, -0.05) is 0 Å². The molecule has 0 heterocycles. The van der Waals surface area contributed by atoms with Gasteiger partial charge in [0.15, 0.2) is 0 Å². The van der Waals surface area contributed by atoms with E-state index in [4.69, 9.17) is 5.73 Å². The van der Waals surface area contributed by atoms with Gasteiger partial charge < -0.3 is 5.73 Å². The summed E-state index contributed by atoms with van der Waals surface area (Å²) in [5.74, 6) is -0.708. The second-order valence-electron chi connectivity index (χ2n) is 4.12. The van der Waals surface area contributed by atoms with Crippen LogP contribution in [0.25, 0.3) is 0 Å². The molecule has 1 fully saturated rings. The molecular weight excluding hydrogens is 216 g/mol. The van der Waals surface area contributed by atoms with Crippen LogP contribution in [-0.4, -0.2) is 11.8 Å². The van der Waals surface area contributed by atoms with E-state index in [-0.39, 0.29) is 17.2 Å². The fraction of sp³-hybridized carbons (Fsp3) is 0.455. The first-order valence-electron chi connectivity index (χ1n) is 4.85. The molecule has 0 unspecified atom stereocenters. The molecule has 1 nitrogen and oxygen atoms in total. The average molecular weight is 229 g/mol. The van der Waals surface area contributed by atoms with Crippen LogP contribution in [0.5, 0.6) is 0 Å². The van der Waals surface area contributed by atoms with Crippen LogP contribution in [0, 0.1) is 11.6 Å². The van der Waals surface area contributed by atoms with Crippen LogP contribution in [0.1, 0.15) is 18.4 Å². The second-order valence-corrected chi connectivity index (χ2v) is 4.97. The molecular formula is C11H13F2NS. The topological polar surface area (TPSA) is 26.0 Å². The lowest BCUT2D eigenvalue weighted by Gasteiger charge is -2.10. The lowest BCUT2D eigenvalue weighted by molar-refractivity contribution is 0.550. The number of halogens is 2. The first-order chi connectivity index (χ1) is 7.04. The second kappa shape index (κ2) is 3.76. The van der Waals surface area contributed by atoms with Crippen molar-refractivity contribution >= 4 is 11.8 Å². The van der Waals surface area contributed by atoms with Gasteiger partial charge in [-0.05, 0) is 43.2 Å². The van der Waals surface area contributed by atoms with Crippen LogP contribution in [0.3, 0.4) is 0 Å². The highest BCUT2D eigenvalue weighted by Gasteiger charge is 2.38. The molecule has 82 valence electrons. The number of benzene rings is 1. The van der Waals surface area contributed by atoms with Gasteiger partial charge >= 0.3 is 0 Å². The molecule has 15 heavy (non-hydrogen) atoms. The molecule has 2 rings (SSSR count). The van der Waals surface area contributed by atoms with Crippen molar-refractivity contribution in [2.45, 2.75) is 29.7 Å². The molecule has 0 spiro atoms. The highest BCUT2D eigenvalue weighted by molar-refractivity contribution is 7.98. The monoisotopic (exact) mass is 229 g/mol. The molecule has 1 aliphatic rings. The quantitative estimate of drug-likeness (QED) is 0.806. The molecule has 0 radical (unpaired) electrons. The summed E-state index contributed by atoms with van der Waals surface area (Å²) in [5.41, 5.74) is 5.98. The van der Waals surface area contributed by atoms with Crippen LogP contribution < -0.4 is 5.73 Å². The zero-order chi connectivity index (χ0) is 11.1. The molecule has 1 aromatic rings. The zero-order valence-corrected chi connectivity index (χ0v) is 9.33. The smallest absolute Gasteiger partial charge is 0.137 e. The van der Waals surface area contributed by atoms with Crippen molar-refractivity contribution in [3.63, 3.8) is 0 Å². The van der Waals surface area contributed by atoms with Gasteiger partial charge in [-0.15, -0.1) is 11.8 Å². The fourth-order valence-electron chi connectivity index (χ4n) is 1.58. The van der Waals surface area contributed by atoms with Crippen molar-refractivity contribution in [2.75, 3.05) is 6.26 Å². The maximum atomic E-state index is 13.5. The van der Waals surface area contributed by atoms with Gasteiger partial charge in [-0.3, -0.25) is 0 Å². The maximum Gasteiger partial charge on any atom is 0.137 e. The third-order valence-electron chi connectivity index (χ3n) is 2.76. The van der Waals surface area contributed by atoms with E-state index in [1.165, 1.54) is 23.9 Å². The Hall–Kier alpha value is -0.610. The summed E-state index contributed by atoms with van der Waals surface area (Å²) in [5, 5.41) is 0. The molecule has 1 aromatic carbocycles. The van der Waals surface area contributed by atoms with Crippen molar-refractivity contribution in [1.29, 1.82) is 0 Å². The number of hydrogen-bond donors (Lipinski definition) is 1. The third-order valence-corrected chi connectivity index (χ3v) is 3.51. The molecule has 0 bridgehead atoms. The normalized spacial score (nSPS) is 17.9. The van der Waals surface area contributed by atoms with Gasteiger partial charge in [0.2, 0.25) is 0 Å². The fourth-order valence-corrected chi connectivity index (χ4v) is 2.05.